The highest BCUT2D eigenvalue weighted by atomic mass is 16.2. The van der Waals surface area contributed by atoms with Gasteiger partial charge in [0.15, 0.2) is 5.65 Å². The van der Waals surface area contributed by atoms with E-state index in [4.69, 9.17) is 0 Å². The van der Waals surface area contributed by atoms with Gasteiger partial charge in [-0.15, -0.1) is 0 Å². The topological polar surface area (TPSA) is 58.1 Å². The van der Waals surface area contributed by atoms with Gasteiger partial charge in [0.25, 0.3) is 5.91 Å². The number of fused-ring (bicyclic) bond motifs is 1. The Hall–Kier alpha value is -2.95. The van der Waals surface area contributed by atoms with Crippen molar-refractivity contribution in [2.75, 3.05) is 11.9 Å². The highest BCUT2D eigenvalue weighted by Gasteiger charge is 2.29. The summed E-state index contributed by atoms with van der Waals surface area (Å²) in [5, 5.41) is 4.44. The Balaban J connectivity index is 1.84. The summed E-state index contributed by atoms with van der Waals surface area (Å²) in [4.78, 5) is 24.9. The minimum atomic E-state index is 0.0596. The lowest BCUT2D eigenvalue weighted by Crippen LogP contribution is -2.43. The normalized spacial score (nSPS) is 16.7. The molecule has 5 nitrogen and oxygen atoms in total. The molecule has 0 spiro atoms. The second-order valence-corrected chi connectivity index (χ2v) is 8.30. The van der Waals surface area contributed by atoms with Crippen molar-refractivity contribution < 1.29 is 4.79 Å². The number of aromatic nitrogens is 2. The Morgan fingerprint density at radius 1 is 1.17 bits per heavy atom. The minimum absolute atomic E-state index is 0.0596. The van der Waals surface area contributed by atoms with Gasteiger partial charge in [0.2, 0.25) is 0 Å². The van der Waals surface area contributed by atoms with E-state index in [0.29, 0.717) is 17.3 Å². The van der Waals surface area contributed by atoms with Crippen LogP contribution in [0, 0.1) is 20.8 Å². The fourth-order valence-electron chi connectivity index (χ4n) is 4.34. The average molecular weight is 403 g/mol. The zero-order chi connectivity index (χ0) is 21.3. The Morgan fingerprint density at radius 3 is 2.80 bits per heavy atom. The second-order valence-electron chi connectivity index (χ2n) is 8.30. The number of piperidine rings is 1. The van der Waals surface area contributed by atoms with Crippen LogP contribution in [0.3, 0.4) is 0 Å². The van der Waals surface area contributed by atoms with E-state index >= 15 is 0 Å². The summed E-state index contributed by atoms with van der Waals surface area (Å²) >= 11 is 0. The second kappa shape index (κ2) is 8.42. The Labute approximate surface area is 178 Å². The SMILES string of the molecule is CC[C@@H]1CCCCN1C(=O)c1cnc2nc(C)ccc2c1Nc1cccc(C)c1C. The van der Waals surface area contributed by atoms with Crippen LogP contribution >= 0.6 is 0 Å². The largest absolute Gasteiger partial charge is 0.354 e. The predicted molar refractivity (Wildman–Crippen MR) is 122 cm³/mol. The maximum Gasteiger partial charge on any atom is 0.257 e. The zero-order valence-corrected chi connectivity index (χ0v) is 18.3. The number of benzene rings is 1. The van der Waals surface area contributed by atoms with Crippen LogP contribution in [-0.2, 0) is 0 Å². The lowest BCUT2D eigenvalue weighted by molar-refractivity contribution is 0.0609. The fourth-order valence-corrected chi connectivity index (χ4v) is 4.34. The molecular formula is C25H30N4O. The van der Waals surface area contributed by atoms with E-state index in [1.807, 2.05) is 30.0 Å². The molecule has 3 aromatic rings. The number of anilines is 2. The number of aryl methyl sites for hydroxylation is 2. The molecule has 5 heteroatoms. The standard InChI is InChI=1S/C25H30N4O/c1-5-19-10-6-7-14-29(19)25(30)21-15-26-24-20(13-12-17(3)27-24)23(21)28-22-11-8-9-16(2)18(22)4/h8-9,11-13,15,19H,5-7,10,14H2,1-4H3,(H,26,27,28)/t19-/m1/s1. The molecule has 0 aliphatic carbocycles. The van der Waals surface area contributed by atoms with Crippen LogP contribution in [0.4, 0.5) is 11.4 Å². The number of carbonyl (C=O) groups excluding carboxylic acids is 1. The number of nitrogens with zero attached hydrogens (tertiary/aromatic N) is 3. The van der Waals surface area contributed by atoms with Gasteiger partial charge in [0, 0.05) is 35.6 Å². The monoisotopic (exact) mass is 402 g/mol. The molecule has 30 heavy (non-hydrogen) atoms. The molecule has 1 aliphatic rings. The molecule has 1 N–H and O–H groups in total. The molecule has 1 aliphatic heterocycles. The number of hydrogen-bond donors (Lipinski definition) is 1. The van der Waals surface area contributed by atoms with Crippen molar-refractivity contribution in [1.29, 1.82) is 0 Å². The first kappa shape index (κ1) is 20.3. The average Bonchev–Trinajstić information content (AvgIpc) is 2.76. The van der Waals surface area contributed by atoms with Gasteiger partial charge in [-0.05, 0) is 75.8 Å². The first-order valence-corrected chi connectivity index (χ1v) is 10.9. The van der Waals surface area contributed by atoms with E-state index in [2.05, 4.69) is 48.2 Å². The molecule has 156 valence electrons. The van der Waals surface area contributed by atoms with E-state index in [1.54, 1.807) is 6.20 Å². The number of nitrogens with one attached hydrogen (secondary N) is 1. The number of rotatable bonds is 4. The first-order valence-electron chi connectivity index (χ1n) is 10.9. The van der Waals surface area contributed by atoms with E-state index in [-0.39, 0.29) is 5.91 Å². The van der Waals surface area contributed by atoms with E-state index in [0.717, 1.165) is 48.3 Å². The summed E-state index contributed by atoms with van der Waals surface area (Å²) in [7, 11) is 0. The van der Waals surface area contributed by atoms with Crippen LogP contribution in [0.2, 0.25) is 0 Å². The van der Waals surface area contributed by atoms with Gasteiger partial charge in [-0.3, -0.25) is 4.79 Å². The first-order chi connectivity index (χ1) is 14.5. The van der Waals surface area contributed by atoms with E-state index in [9.17, 15) is 4.79 Å². The molecule has 0 saturated carbocycles. The van der Waals surface area contributed by atoms with Crippen molar-refractivity contribution in [2.24, 2.45) is 0 Å². The third-order valence-corrected chi connectivity index (χ3v) is 6.32. The molecule has 0 radical (unpaired) electrons. The van der Waals surface area contributed by atoms with Gasteiger partial charge >= 0.3 is 0 Å². The zero-order valence-electron chi connectivity index (χ0n) is 18.3. The van der Waals surface area contributed by atoms with Gasteiger partial charge in [-0.25, -0.2) is 9.97 Å². The number of likely N-dealkylation sites (tertiary alicyclic amines) is 1. The molecule has 1 atom stereocenters. The number of pyridine rings is 2. The van der Waals surface area contributed by atoms with Gasteiger partial charge < -0.3 is 10.2 Å². The van der Waals surface area contributed by atoms with Gasteiger partial charge in [0.05, 0.1) is 11.3 Å². The predicted octanol–water partition coefficient (Wildman–Crippen LogP) is 5.70. The summed E-state index contributed by atoms with van der Waals surface area (Å²) in [6.07, 6.45) is 6.00. The van der Waals surface area contributed by atoms with E-state index < -0.39 is 0 Å². The third kappa shape index (κ3) is 3.76. The van der Waals surface area contributed by atoms with Crippen molar-refractivity contribution >= 4 is 28.3 Å². The number of hydrogen-bond acceptors (Lipinski definition) is 4. The molecule has 3 heterocycles. The Kier molecular flexibility index (Phi) is 5.71. The quantitative estimate of drug-likeness (QED) is 0.608. The molecule has 1 amide bonds. The number of amides is 1. The van der Waals surface area contributed by atoms with Crippen molar-refractivity contribution in [2.45, 2.75) is 59.4 Å². The highest BCUT2D eigenvalue weighted by molar-refractivity contribution is 6.07. The van der Waals surface area contributed by atoms with Crippen LogP contribution in [0.1, 0.15) is 59.8 Å². The fraction of sp³-hybridized carbons (Fsp3) is 0.400. The third-order valence-electron chi connectivity index (χ3n) is 6.32. The smallest absolute Gasteiger partial charge is 0.257 e. The van der Waals surface area contributed by atoms with Crippen LogP contribution in [-0.4, -0.2) is 33.4 Å². The van der Waals surface area contributed by atoms with Gasteiger partial charge in [0.1, 0.15) is 0 Å². The van der Waals surface area contributed by atoms with Crippen molar-refractivity contribution in [3.63, 3.8) is 0 Å². The molecule has 0 unspecified atom stereocenters. The van der Waals surface area contributed by atoms with Gasteiger partial charge in [-0.1, -0.05) is 19.1 Å². The van der Waals surface area contributed by atoms with Crippen molar-refractivity contribution in [3.8, 4) is 0 Å². The van der Waals surface area contributed by atoms with Gasteiger partial charge in [-0.2, -0.15) is 0 Å². The Bertz CT molecular complexity index is 1090. The van der Waals surface area contributed by atoms with Crippen molar-refractivity contribution in [3.05, 3.63) is 58.9 Å². The highest BCUT2D eigenvalue weighted by Crippen LogP contribution is 2.33. The summed E-state index contributed by atoms with van der Waals surface area (Å²) in [6.45, 7) is 9.13. The minimum Gasteiger partial charge on any atom is -0.354 e. The van der Waals surface area contributed by atoms with Crippen LogP contribution in [0.5, 0.6) is 0 Å². The lowest BCUT2D eigenvalue weighted by Gasteiger charge is -2.35. The maximum atomic E-state index is 13.7. The molecule has 1 aromatic carbocycles. The van der Waals surface area contributed by atoms with Crippen molar-refractivity contribution in [1.82, 2.24) is 14.9 Å². The molecule has 1 fully saturated rings. The lowest BCUT2D eigenvalue weighted by atomic mass is 9.98. The van der Waals surface area contributed by atoms with Crippen LogP contribution in [0.25, 0.3) is 11.0 Å². The maximum absolute atomic E-state index is 13.7. The Morgan fingerprint density at radius 2 is 2.00 bits per heavy atom. The summed E-state index contributed by atoms with van der Waals surface area (Å²) in [5.41, 5.74) is 6.37. The van der Waals surface area contributed by atoms with Crippen LogP contribution < -0.4 is 5.32 Å². The van der Waals surface area contributed by atoms with E-state index in [1.165, 1.54) is 17.5 Å². The molecule has 2 aromatic heterocycles. The summed E-state index contributed by atoms with van der Waals surface area (Å²) in [5.74, 6) is 0.0596. The molecular weight excluding hydrogens is 372 g/mol. The summed E-state index contributed by atoms with van der Waals surface area (Å²) < 4.78 is 0. The number of carbonyl (C=O) groups is 1. The molecule has 4 rings (SSSR count). The summed E-state index contributed by atoms with van der Waals surface area (Å²) in [6, 6.07) is 10.5. The molecule has 0 bridgehead atoms. The molecule has 1 saturated heterocycles. The van der Waals surface area contributed by atoms with Crippen LogP contribution in [0.15, 0.2) is 36.5 Å².